The molecule has 8 nitrogen and oxygen atoms in total. The number of aryl methyl sites for hydroxylation is 1. The molecule has 2 amide bonds. The molecule has 1 rings (SSSR count). The van der Waals surface area contributed by atoms with Crippen LogP contribution >= 0.6 is 0 Å². The Morgan fingerprint density at radius 2 is 1.96 bits per heavy atom. The number of nitrogens with zero attached hydrogens (tertiary/aromatic N) is 2. The van der Waals surface area contributed by atoms with Gasteiger partial charge in [-0.25, -0.2) is 4.79 Å². The molecular weight excluding hydrogens is 324 g/mol. The zero-order valence-electron chi connectivity index (χ0n) is 15.8. The van der Waals surface area contributed by atoms with Gasteiger partial charge in [0.25, 0.3) is 0 Å². The smallest absolute Gasteiger partial charge is 0.407 e. The number of amides is 2. The van der Waals surface area contributed by atoms with Crippen molar-refractivity contribution in [1.29, 1.82) is 0 Å². The maximum absolute atomic E-state index is 12.0. The molecule has 0 spiro atoms. The Bertz CT molecular complexity index is 543. The molecule has 0 aliphatic heterocycles. The van der Waals surface area contributed by atoms with Crippen LogP contribution in [0.2, 0.25) is 0 Å². The summed E-state index contributed by atoms with van der Waals surface area (Å²) in [6.07, 6.45) is 0.939. The topological polar surface area (TPSA) is 106 Å². The SMILES string of the molecule is CCOC(=O)NC(CNC(=O)CCc1nc(C(C)C)no1)CC(C)C. The number of hydrogen-bond acceptors (Lipinski definition) is 6. The van der Waals surface area contributed by atoms with Gasteiger partial charge in [0.1, 0.15) is 0 Å². The van der Waals surface area contributed by atoms with Crippen LogP contribution in [0.15, 0.2) is 4.52 Å². The Morgan fingerprint density at radius 1 is 1.24 bits per heavy atom. The lowest BCUT2D eigenvalue weighted by Gasteiger charge is -2.20. The lowest BCUT2D eigenvalue weighted by atomic mass is 10.0. The minimum absolute atomic E-state index is 0.122. The van der Waals surface area contributed by atoms with Crippen LogP contribution in [0, 0.1) is 5.92 Å². The van der Waals surface area contributed by atoms with E-state index in [1.807, 2.05) is 13.8 Å². The molecule has 0 aliphatic rings. The van der Waals surface area contributed by atoms with Gasteiger partial charge in [-0.1, -0.05) is 32.9 Å². The van der Waals surface area contributed by atoms with Crippen LogP contribution < -0.4 is 10.6 Å². The molecule has 8 heteroatoms. The Morgan fingerprint density at radius 3 is 2.52 bits per heavy atom. The highest BCUT2D eigenvalue weighted by Gasteiger charge is 2.16. The number of ether oxygens (including phenoxy) is 1. The third-order valence-electron chi connectivity index (χ3n) is 3.47. The minimum atomic E-state index is -0.463. The van der Waals surface area contributed by atoms with E-state index in [-0.39, 0.29) is 24.3 Å². The molecule has 0 saturated heterocycles. The highest BCUT2D eigenvalue weighted by Crippen LogP contribution is 2.10. The number of hydrogen-bond donors (Lipinski definition) is 2. The van der Waals surface area contributed by atoms with Gasteiger partial charge in [0.05, 0.1) is 6.61 Å². The number of aromatic nitrogens is 2. The number of alkyl carbamates (subject to hydrolysis) is 1. The Labute approximate surface area is 149 Å². The molecular formula is C17H30N4O4. The van der Waals surface area contributed by atoms with E-state index in [9.17, 15) is 9.59 Å². The van der Waals surface area contributed by atoms with Gasteiger partial charge in [-0.05, 0) is 19.3 Å². The van der Waals surface area contributed by atoms with Crippen molar-refractivity contribution in [2.24, 2.45) is 5.92 Å². The largest absolute Gasteiger partial charge is 0.450 e. The first-order chi connectivity index (χ1) is 11.8. The second-order valence-corrected chi connectivity index (χ2v) is 6.70. The van der Waals surface area contributed by atoms with Gasteiger partial charge in [0, 0.05) is 31.3 Å². The maximum atomic E-state index is 12.0. The average molecular weight is 354 g/mol. The van der Waals surface area contributed by atoms with E-state index in [1.54, 1.807) is 6.92 Å². The summed E-state index contributed by atoms with van der Waals surface area (Å²) in [5.74, 6) is 1.56. The quantitative estimate of drug-likeness (QED) is 0.668. The van der Waals surface area contributed by atoms with Crippen LogP contribution in [0.1, 0.15) is 65.1 Å². The van der Waals surface area contributed by atoms with Gasteiger partial charge < -0.3 is 19.9 Å². The molecule has 0 saturated carbocycles. The lowest BCUT2D eigenvalue weighted by molar-refractivity contribution is -0.121. The van der Waals surface area contributed by atoms with E-state index >= 15 is 0 Å². The number of carbonyl (C=O) groups is 2. The van der Waals surface area contributed by atoms with Gasteiger partial charge in [-0.3, -0.25) is 4.79 Å². The zero-order chi connectivity index (χ0) is 18.8. The fourth-order valence-corrected chi connectivity index (χ4v) is 2.25. The Hall–Kier alpha value is -2.12. The Balaban J connectivity index is 2.40. The summed E-state index contributed by atoms with van der Waals surface area (Å²) in [6.45, 7) is 10.5. The summed E-state index contributed by atoms with van der Waals surface area (Å²) >= 11 is 0. The molecule has 2 N–H and O–H groups in total. The van der Waals surface area contributed by atoms with Crippen molar-refractivity contribution >= 4 is 12.0 Å². The third kappa shape index (κ3) is 8.51. The summed E-state index contributed by atoms with van der Waals surface area (Å²) < 4.78 is 10.0. The first kappa shape index (κ1) is 20.9. The van der Waals surface area contributed by atoms with Crippen LogP contribution in [0.5, 0.6) is 0 Å². The second kappa shape index (κ2) is 10.7. The van der Waals surface area contributed by atoms with Gasteiger partial charge in [-0.15, -0.1) is 0 Å². The molecule has 0 aliphatic carbocycles. The van der Waals surface area contributed by atoms with Crippen LogP contribution in [0.3, 0.4) is 0 Å². The molecule has 0 fully saturated rings. The fraction of sp³-hybridized carbons (Fsp3) is 0.765. The van der Waals surface area contributed by atoms with Gasteiger partial charge in [-0.2, -0.15) is 4.98 Å². The second-order valence-electron chi connectivity index (χ2n) is 6.70. The first-order valence-corrected chi connectivity index (χ1v) is 8.84. The average Bonchev–Trinajstić information content (AvgIpc) is 2.99. The monoisotopic (exact) mass is 354 g/mol. The van der Waals surface area contributed by atoms with Crippen molar-refractivity contribution in [3.8, 4) is 0 Å². The van der Waals surface area contributed by atoms with Crippen molar-refractivity contribution in [2.75, 3.05) is 13.2 Å². The molecule has 1 aromatic rings. The van der Waals surface area contributed by atoms with Crippen LogP contribution in [-0.2, 0) is 16.0 Å². The predicted octanol–water partition coefficient (Wildman–Crippen LogP) is 2.40. The summed E-state index contributed by atoms with van der Waals surface area (Å²) in [7, 11) is 0. The summed E-state index contributed by atoms with van der Waals surface area (Å²) in [5.41, 5.74) is 0. The molecule has 1 atom stereocenters. The molecule has 1 aromatic heterocycles. The van der Waals surface area contributed by atoms with Crippen LogP contribution in [0.25, 0.3) is 0 Å². The maximum Gasteiger partial charge on any atom is 0.407 e. The normalized spacial score (nSPS) is 12.3. The third-order valence-corrected chi connectivity index (χ3v) is 3.47. The van der Waals surface area contributed by atoms with E-state index in [0.29, 0.717) is 37.2 Å². The van der Waals surface area contributed by atoms with E-state index in [1.165, 1.54) is 0 Å². The van der Waals surface area contributed by atoms with Crippen LogP contribution in [0.4, 0.5) is 4.79 Å². The van der Waals surface area contributed by atoms with Gasteiger partial charge in [0.15, 0.2) is 5.82 Å². The molecule has 1 heterocycles. The minimum Gasteiger partial charge on any atom is -0.450 e. The van der Waals surface area contributed by atoms with Crippen LogP contribution in [-0.4, -0.2) is 41.3 Å². The van der Waals surface area contributed by atoms with Gasteiger partial charge in [0.2, 0.25) is 11.8 Å². The van der Waals surface area contributed by atoms with Crippen molar-refractivity contribution in [2.45, 2.75) is 65.8 Å². The fourth-order valence-electron chi connectivity index (χ4n) is 2.25. The molecule has 0 radical (unpaired) electrons. The van der Waals surface area contributed by atoms with E-state index in [4.69, 9.17) is 9.26 Å². The highest BCUT2D eigenvalue weighted by atomic mass is 16.5. The number of carbonyl (C=O) groups excluding carboxylic acids is 2. The predicted molar refractivity (Wildman–Crippen MR) is 93.1 cm³/mol. The van der Waals surface area contributed by atoms with Crippen molar-refractivity contribution in [1.82, 2.24) is 20.8 Å². The summed E-state index contributed by atoms with van der Waals surface area (Å²) in [4.78, 5) is 27.8. The Kier molecular flexibility index (Phi) is 8.94. The van der Waals surface area contributed by atoms with Gasteiger partial charge >= 0.3 is 6.09 Å². The zero-order valence-corrected chi connectivity index (χ0v) is 15.8. The lowest BCUT2D eigenvalue weighted by Crippen LogP contribution is -2.44. The van der Waals surface area contributed by atoms with E-state index in [2.05, 4.69) is 34.6 Å². The van der Waals surface area contributed by atoms with Crippen molar-refractivity contribution < 1.29 is 18.8 Å². The van der Waals surface area contributed by atoms with Crippen molar-refractivity contribution in [3.05, 3.63) is 11.7 Å². The number of rotatable bonds is 10. The molecule has 25 heavy (non-hydrogen) atoms. The molecule has 0 bridgehead atoms. The standard InChI is InChI=1S/C17H30N4O4/c1-6-24-17(23)19-13(9-11(2)3)10-18-14(22)7-8-15-20-16(12(4)5)21-25-15/h11-13H,6-10H2,1-5H3,(H,18,22)(H,19,23). The molecule has 0 aromatic carbocycles. The summed E-state index contributed by atoms with van der Waals surface area (Å²) in [5, 5.41) is 9.49. The molecule has 142 valence electrons. The number of nitrogens with one attached hydrogen (secondary N) is 2. The highest BCUT2D eigenvalue weighted by molar-refractivity contribution is 5.76. The first-order valence-electron chi connectivity index (χ1n) is 8.84. The van der Waals surface area contributed by atoms with E-state index < -0.39 is 6.09 Å². The molecule has 1 unspecified atom stereocenters. The summed E-state index contributed by atoms with van der Waals surface area (Å²) in [6, 6.07) is -0.168. The van der Waals surface area contributed by atoms with E-state index in [0.717, 1.165) is 6.42 Å². The van der Waals surface area contributed by atoms with Crippen molar-refractivity contribution in [3.63, 3.8) is 0 Å².